The van der Waals surface area contributed by atoms with E-state index in [9.17, 15) is 4.79 Å². The summed E-state index contributed by atoms with van der Waals surface area (Å²) in [5.74, 6) is 1.15. The van der Waals surface area contributed by atoms with Gasteiger partial charge in [-0.1, -0.05) is 49.7 Å². The van der Waals surface area contributed by atoms with Crippen molar-refractivity contribution in [3.8, 4) is 0 Å². The minimum Gasteiger partial charge on any atom is -0.464 e. The van der Waals surface area contributed by atoms with Crippen LogP contribution in [-0.4, -0.2) is 23.0 Å². The van der Waals surface area contributed by atoms with Crippen LogP contribution >= 0.6 is 23.4 Å². The highest BCUT2D eigenvalue weighted by Crippen LogP contribution is 2.19. The molecule has 1 aromatic carbocycles. The molecule has 0 aromatic heterocycles. The number of hydrogen-bond donors (Lipinski definition) is 0. The fourth-order valence-corrected chi connectivity index (χ4v) is 2.96. The predicted octanol–water partition coefficient (Wildman–Crippen LogP) is 4.29. The van der Waals surface area contributed by atoms with E-state index in [0.717, 1.165) is 18.6 Å². The Labute approximate surface area is 131 Å². The van der Waals surface area contributed by atoms with Crippen LogP contribution in [0.25, 0.3) is 0 Å². The summed E-state index contributed by atoms with van der Waals surface area (Å²) in [6, 6.07) is 8.69. The summed E-state index contributed by atoms with van der Waals surface area (Å²) < 4.78 is 4.27. The van der Waals surface area contributed by atoms with Crippen LogP contribution in [0.2, 0.25) is 0 Å². The lowest BCUT2D eigenvalue weighted by Crippen LogP contribution is -2.15. The van der Waals surface area contributed by atoms with Gasteiger partial charge in [0.2, 0.25) is 0 Å². The van der Waals surface area contributed by atoms with Gasteiger partial charge in [0, 0.05) is 0 Å². The normalized spacial score (nSPS) is 12.4. The molecule has 0 heterocycles. The summed E-state index contributed by atoms with van der Waals surface area (Å²) in [5.41, 5.74) is 2.65. The molecule has 0 aliphatic rings. The molecule has 0 aliphatic heterocycles. The molecule has 2 nitrogen and oxygen atoms in total. The standard InChI is InChI=1S/C16H23ClO2S/c1-4-19-16(18)15(17)20-10-9-13-5-7-14(8-6-13)11-12(2)3/h5-8,12,15H,4,9-11H2,1-3H3. The number of benzene rings is 1. The fourth-order valence-electron chi connectivity index (χ4n) is 1.87. The summed E-state index contributed by atoms with van der Waals surface area (Å²) in [6.45, 7) is 6.60. The van der Waals surface area contributed by atoms with Crippen LogP contribution in [0.5, 0.6) is 0 Å². The van der Waals surface area contributed by atoms with E-state index in [-0.39, 0.29) is 5.97 Å². The number of thioether (sulfide) groups is 1. The average molecular weight is 315 g/mol. The van der Waals surface area contributed by atoms with Crippen LogP contribution in [0.3, 0.4) is 0 Å². The fraction of sp³-hybridized carbons (Fsp3) is 0.562. The summed E-state index contributed by atoms with van der Waals surface area (Å²) in [5, 5.41) is 0. The zero-order valence-corrected chi connectivity index (χ0v) is 14.0. The number of carbonyl (C=O) groups excluding carboxylic acids is 1. The second-order valence-corrected chi connectivity index (χ2v) is 7.01. The Morgan fingerprint density at radius 3 is 2.40 bits per heavy atom. The Morgan fingerprint density at radius 2 is 1.85 bits per heavy atom. The third-order valence-corrected chi connectivity index (χ3v) is 4.27. The monoisotopic (exact) mass is 314 g/mol. The third kappa shape index (κ3) is 6.67. The number of hydrogen-bond acceptors (Lipinski definition) is 3. The molecule has 0 saturated carbocycles. The Hall–Kier alpha value is -0.670. The molecule has 4 heteroatoms. The van der Waals surface area contributed by atoms with Gasteiger partial charge in [0.15, 0.2) is 4.71 Å². The second-order valence-electron chi connectivity index (χ2n) is 5.10. The third-order valence-electron chi connectivity index (χ3n) is 2.79. The van der Waals surface area contributed by atoms with Gasteiger partial charge in [0.1, 0.15) is 0 Å². The molecule has 0 bridgehead atoms. The number of rotatable bonds is 8. The van der Waals surface area contributed by atoms with E-state index in [1.54, 1.807) is 6.92 Å². The van der Waals surface area contributed by atoms with E-state index in [4.69, 9.17) is 16.3 Å². The van der Waals surface area contributed by atoms with Gasteiger partial charge < -0.3 is 4.74 Å². The average Bonchev–Trinajstić information content (AvgIpc) is 2.40. The molecule has 0 spiro atoms. The van der Waals surface area contributed by atoms with Crippen molar-refractivity contribution in [3.63, 3.8) is 0 Å². The number of esters is 1. The topological polar surface area (TPSA) is 26.3 Å². The molecule has 0 aliphatic carbocycles. The van der Waals surface area contributed by atoms with Crippen LogP contribution in [0.4, 0.5) is 0 Å². The van der Waals surface area contributed by atoms with Gasteiger partial charge in [-0.3, -0.25) is 0 Å². The molecular formula is C16H23ClO2S. The highest BCUT2D eigenvalue weighted by molar-refractivity contribution is 8.01. The minimum atomic E-state index is -0.602. The zero-order chi connectivity index (χ0) is 15.0. The maximum absolute atomic E-state index is 11.4. The molecule has 1 atom stereocenters. The first-order chi connectivity index (χ1) is 9.52. The number of alkyl halides is 1. The van der Waals surface area contributed by atoms with E-state index >= 15 is 0 Å². The molecular weight excluding hydrogens is 292 g/mol. The summed E-state index contributed by atoms with van der Waals surface area (Å²) in [7, 11) is 0. The van der Waals surface area contributed by atoms with Gasteiger partial charge in [0.05, 0.1) is 6.61 Å². The number of halogens is 1. The Balaban J connectivity index is 2.33. The Bertz CT molecular complexity index is 403. The molecule has 1 unspecified atom stereocenters. The van der Waals surface area contributed by atoms with Gasteiger partial charge in [-0.05, 0) is 42.6 Å². The lowest BCUT2D eigenvalue weighted by atomic mass is 10.0. The van der Waals surface area contributed by atoms with E-state index in [2.05, 4.69) is 38.1 Å². The first-order valence-electron chi connectivity index (χ1n) is 7.03. The van der Waals surface area contributed by atoms with Crippen molar-refractivity contribution in [1.29, 1.82) is 0 Å². The number of aryl methyl sites for hydroxylation is 1. The zero-order valence-electron chi connectivity index (χ0n) is 12.4. The molecule has 0 amide bonds. The smallest absolute Gasteiger partial charge is 0.334 e. The van der Waals surface area contributed by atoms with Crippen LogP contribution in [-0.2, 0) is 22.4 Å². The predicted molar refractivity (Wildman–Crippen MR) is 87.4 cm³/mol. The van der Waals surface area contributed by atoms with Crippen LogP contribution < -0.4 is 0 Å². The molecule has 0 N–H and O–H groups in total. The SMILES string of the molecule is CCOC(=O)C(Cl)SCCc1ccc(CC(C)C)cc1. The van der Waals surface area contributed by atoms with Gasteiger partial charge >= 0.3 is 5.97 Å². The van der Waals surface area contributed by atoms with Crippen molar-refractivity contribution in [2.24, 2.45) is 5.92 Å². The quantitative estimate of drug-likeness (QED) is 0.529. The molecule has 1 rings (SSSR count). The van der Waals surface area contributed by atoms with Crippen LogP contribution in [0.1, 0.15) is 31.9 Å². The van der Waals surface area contributed by atoms with Gasteiger partial charge in [-0.15, -0.1) is 11.8 Å². The summed E-state index contributed by atoms with van der Waals surface area (Å²) in [6.07, 6.45) is 2.02. The summed E-state index contributed by atoms with van der Waals surface area (Å²) in [4.78, 5) is 11.4. The second kappa shape index (κ2) is 9.30. The highest BCUT2D eigenvalue weighted by Gasteiger charge is 2.16. The molecule has 1 aromatic rings. The summed E-state index contributed by atoms with van der Waals surface area (Å²) >= 11 is 7.37. The maximum atomic E-state index is 11.4. The van der Waals surface area contributed by atoms with Crippen molar-refractivity contribution in [2.75, 3.05) is 12.4 Å². The Kier molecular flexibility index (Phi) is 8.08. The van der Waals surface area contributed by atoms with Crippen LogP contribution in [0, 0.1) is 5.92 Å². The largest absolute Gasteiger partial charge is 0.464 e. The Morgan fingerprint density at radius 1 is 1.25 bits per heavy atom. The number of carbonyl (C=O) groups is 1. The van der Waals surface area contributed by atoms with E-state index in [1.807, 2.05) is 0 Å². The van der Waals surface area contributed by atoms with Crippen molar-refractivity contribution < 1.29 is 9.53 Å². The highest BCUT2D eigenvalue weighted by atomic mass is 35.5. The van der Waals surface area contributed by atoms with Crippen molar-refractivity contribution in [3.05, 3.63) is 35.4 Å². The lowest BCUT2D eigenvalue weighted by Gasteiger charge is -2.09. The number of ether oxygens (including phenoxy) is 1. The van der Waals surface area contributed by atoms with Crippen molar-refractivity contribution in [2.45, 2.75) is 38.3 Å². The minimum absolute atomic E-state index is 0.341. The van der Waals surface area contributed by atoms with E-state index in [1.165, 1.54) is 22.9 Å². The molecule has 0 fully saturated rings. The van der Waals surface area contributed by atoms with Gasteiger partial charge in [0.25, 0.3) is 0 Å². The van der Waals surface area contributed by atoms with Crippen molar-refractivity contribution in [1.82, 2.24) is 0 Å². The van der Waals surface area contributed by atoms with Crippen LogP contribution in [0.15, 0.2) is 24.3 Å². The van der Waals surface area contributed by atoms with E-state index in [0.29, 0.717) is 12.5 Å². The molecule has 0 saturated heterocycles. The van der Waals surface area contributed by atoms with Gasteiger partial charge in [-0.25, -0.2) is 4.79 Å². The maximum Gasteiger partial charge on any atom is 0.334 e. The molecule has 0 radical (unpaired) electrons. The van der Waals surface area contributed by atoms with Gasteiger partial charge in [-0.2, -0.15) is 0 Å². The first kappa shape index (κ1) is 17.4. The first-order valence-corrected chi connectivity index (χ1v) is 8.51. The molecule has 112 valence electrons. The van der Waals surface area contributed by atoms with Crippen molar-refractivity contribution >= 4 is 29.3 Å². The lowest BCUT2D eigenvalue weighted by molar-refractivity contribution is -0.140. The van der Waals surface area contributed by atoms with E-state index < -0.39 is 4.71 Å². The molecule has 20 heavy (non-hydrogen) atoms.